The molecule has 2 aliphatic heterocycles. The van der Waals surface area contributed by atoms with E-state index in [0.717, 1.165) is 25.0 Å². The Bertz CT molecular complexity index is 518. The molecule has 0 bridgehead atoms. The zero-order valence-electron chi connectivity index (χ0n) is 12.1. The Balaban J connectivity index is 1.83. The lowest BCUT2D eigenvalue weighted by Gasteiger charge is -2.24. The summed E-state index contributed by atoms with van der Waals surface area (Å²) in [5.74, 6) is -0.748. The summed E-state index contributed by atoms with van der Waals surface area (Å²) in [7, 11) is 0. The molecule has 3 heterocycles. The molecule has 0 aliphatic carbocycles. The smallest absolute Gasteiger partial charge is 0.379 e. The van der Waals surface area contributed by atoms with Gasteiger partial charge in [0.25, 0.3) is 0 Å². The van der Waals surface area contributed by atoms with Crippen LogP contribution in [0.4, 0.5) is 13.2 Å². The highest BCUT2D eigenvalue weighted by atomic mass is 19.4. The van der Waals surface area contributed by atoms with Crippen molar-refractivity contribution in [2.45, 2.75) is 57.4 Å². The van der Waals surface area contributed by atoms with Crippen LogP contribution in [0.15, 0.2) is 0 Å². The van der Waals surface area contributed by atoms with Gasteiger partial charge in [-0.05, 0) is 32.6 Å². The molecule has 1 unspecified atom stereocenters. The summed E-state index contributed by atoms with van der Waals surface area (Å²) >= 11 is 0. The van der Waals surface area contributed by atoms with Crippen LogP contribution in [0.1, 0.15) is 43.4 Å². The minimum Gasteiger partial charge on any atom is -0.379 e. The molecule has 1 N–H and O–H groups in total. The topological polar surface area (TPSA) is 39.1 Å². The summed E-state index contributed by atoms with van der Waals surface area (Å²) in [4.78, 5) is 3.89. The minimum absolute atomic E-state index is 0.163. The highest BCUT2D eigenvalue weighted by Gasteiger charge is 2.39. The molecule has 1 atom stereocenters. The molecule has 4 nitrogen and oxygen atoms in total. The molecule has 0 spiro atoms. The number of fused-ring (bicyclic) bond motifs is 1. The van der Waals surface area contributed by atoms with Crippen molar-refractivity contribution in [2.75, 3.05) is 13.2 Å². The number of nitrogens with zero attached hydrogens (tertiary/aromatic N) is 2. The van der Waals surface area contributed by atoms with E-state index in [4.69, 9.17) is 4.74 Å². The second-order valence-electron chi connectivity index (χ2n) is 6.15. The molecule has 0 saturated carbocycles. The van der Waals surface area contributed by atoms with Crippen LogP contribution < -0.4 is 5.32 Å². The Hall–Kier alpha value is -1.08. The van der Waals surface area contributed by atoms with Gasteiger partial charge >= 0.3 is 6.18 Å². The maximum absolute atomic E-state index is 13.1. The summed E-state index contributed by atoms with van der Waals surface area (Å²) in [6.07, 6.45) is -1.13. The predicted octanol–water partition coefficient (Wildman–Crippen LogP) is 2.51. The Labute approximate surface area is 121 Å². The first-order valence-electron chi connectivity index (χ1n) is 7.37. The fourth-order valence-corrected chi connectivity index (χ4v) is 3.08. The average molecular weight is 303 g/mol. The SMILES string of the molecule is CC1(NCc2nc(C(F)(F)F)n3c2CCCC3)CCOC1. The van der Waals surface area contributed by atoms with Crippen molar-refractivity contribution in [1.82, 2.24) is 14.9 Å². The average Bonchev–Trinajstić information content (AvgIpc) is 3.01. The third-order valence-electron chi connectivity index (χ3n) is 4.36. The van der Waals surface area contributed by atoms with Gasteiger partial charge in [-0.3, -0.25) is 0 Å². The number of rotatable bonds is 3. The highest BCUT2D eigenvalue weighted by molar-refractivity contribution is 5.21. The van der Waals surface area contributed by atoms with E-state index in [1.165, 1.54) is 4.57 Å². The lowest BCUT2D eigenvalue weighted by Crippen LogP contribution is -2.42. The second kappa shape index (κ2) is 5.28. The Kier molecular flexibility index (Phi) is 3.73. The van der Waals surface area contributed by atoms with Gasteiger partial charge in [0.05, 0.1) is 12.3 Å². The van der Waals surface area contributed by atoms with Crippen LogP contribution in [0.2, 0.25) is 0 Å². The minimum atomic E-state index is -4.38. The normalized spacial score (nSPS) is 26.1. The van der Waals surface area contributed by atoms with E-state index >= 15 is 0 Å². The van der Waals surface area contributed by atoms with Crippen molar-refractivity contribution < 1.29 is 17.9 Å². The summed E-state index contributed by atoms with van der Waals surface area (Å²) in [5.41, 5.74) is 1.11. The fraction of sp³-hybridized carbons (Fsp3) is 0.786. The van der Waals surface area contributed by atoms with Crippen LogP contribution in [0.3, 0.4) is 0 Å². The summed E-state index contributed by atoms with van der Waals surface area (Å²) in [6, 6.07) is 0. The van der Waals surface area contributed by atoms with E-state index in [-0.39, 0.29) is 5.54 Å². The van der Waals surface area contributed by atoms with Crippen molar-refractivity contribution in [3.05, 3.63) is 17.2 Å². The van der Waals surface area contributed by atoms with Crippen molar-refractivity contribution in [1.29, 1.82) is 0 Å². The molecule has 1 aromatic heterocycles. The van der Waals surface area contributed by atoms with Crippen LogP contribution in [0, 0.1) is 0 Å². The molecule has 118 valence electrons. The van der Waals surface area contributed by atoms with Gasteiger partial charge in [-0.15, -0.1) is 0 Å². The van der Waals surface area contributed by atoms with Crippen molar-refractivity contribution in [2.24, 2.45) is 0 Å². The van der Waals surface area contributed by atoms with Gasteiger partial charge in [0.1, 0.15) is 0 Å². The lowest BCUT2D eigenvalue weighted by atomic mass is 10.0. The van der Waals surface area contributed by atoms with E-state index in [9.17, 15) is 13.2 Å². The third kappa shape index (κ3) is 2.94. The van der Waals surface area contributed by atoms with E-state index in [2.05, 4.69) is 10.3 Å². The Morgan fingerprint density at radius 1 is 1.38 bits per heavy atom. The third-order valence-corrected chi connectivity index (χ3v) is 4.36. The summed E-state index contributed by atoms with van der Waals surface area (Å²) in [6.45, 7) is 4.10. The zero-order chi connectivity index (χ0) is 15.1. The highest BCUT2D eigenvalue weighted by Crippen LogP contribution is 2.33. The van der Waals surface area contributed by atoms with Crippen molar-refractivity contribution in [3.63, 3.8) is 0 Å². The van der Waals surface area contributed by atoms with Crippen LogP contribution >= 0.6 is 0 Å². The number of halogens is 3. The zero-order valence-corrected chi connectivity index (χ0v) is 12.1. The first-order chi connectivity index (χ1) is 9.89. The molecule has 0 amide bonds. The van der Waals surface area contributed by atoms with E-state index in [1.807, 2.05) is 6.92 Å². The van der Waals surface area contributed by atoms with Crippen LogP contribution in [-0.2, 0) is 30.4 Å². The summed E-state index contributed by atoms with van der Waals surface area (Å²) in [5, 5.41) is 3.32. The van der Waals surface area contributed by atoms with Gasteiger partial charge in [-0.2, -0.15) is 13.2 Å². The molecule has 1 saturated heterocycles. The molecular weight excluding hydrogens is 283 g/mol. The lowest BCUT2D eigenvalue weighted by molar-refractivity contribution is -0.147. The number of imidazole rings is 1. The summed E-state index contributed by atoms with van der Waals surface area (Å²) < 4.78 is 46.0. The van der Waals surface area contributed by atoms with Crippen LogP contribution in [0.5, 0.6) is 0 Å². The molecule has 3 rings (SSSR count). The van der Waals surface area contributed by atoms with Crippen LogP contribution in [0.25, 0.3) is 0 Å². The van der Waals surface area contributed by atoms with Gasteiger partial charge in [-0.25, -0.2) is 4.98 Å². The maximum Gasteiger partial charge on any atom is 0.449 e. The van der Waals surface area contributed by atoms with E-state index < -0.39 is 12.0 Å². The monoisotopic (exact) mass is 303 g/mol. The molecule has 0 aromatic carbocycles. The van der Waals surface area contributed by atoms with Crippen LogP contribution in [-0.4, -0.2) is 28.3 Å². The van der Waals surface area contributed by atoms with Gasteiger partial charge in [0.15, 0.2) is 0 Å². The largest absolute Gasteiger partial charge is 0.449 e. The predicted molar refractivity (Wildman–Crippen MR) is 70.8 cm³/mol. The first kappa shape index (κ1) is 14.8. The molecule has 7 heteroatoms. The Morgan fingerprint density at radius 2 is 2.19 bits per heavy atom. The molecule has 1 fully saturated rings. The number of ether oxygens (including phenoxy) is 1. The van der Waals surface area contributed by atoms with Crippen molar-refractivity contribution in [3.8, 4) is 0 Å². The number of aromatic nitrogens is 2. The van der Waals surface area contributed by atoms with E-state index in [0.29, 0.717) is 38.4 Å². The van der Waals surface area contributed by atoms with Gasteiger partial charge in [-0.1, -0.05) is 0 Å². The molecule has 0 radical (unpaired) electrons. The fourth-order valence-electron chi connectivity index (χ4n) is 3.08. The second-order valence-corrected chi connectivity index (χ2v) is 6.15. The quantitative estimate of drug-likeness (QED) is 0.932. The number of hydrogen-bond donors (Lipinski definition) is 1. The molecular formula is C14H20F3N3O. The molecule has 1 aromatic rings. The van der Waals surface area contributed by atoms with Gasteiger partial charge in [0, 0.05) is 30.9 Å². The van der Waals surface area contributed by atoms with E-state index in [1.54, 1.807) is 0 Å². The standard InChI is InChI=1S/C14H20F3N3O/c1-13(5-7-21-9-13)18-8-10-11-4-2-3-6-20(11)12(19-10)14(15,16)17/h18H,2-9H2,1H3. The molecule has 21 heavy (non-hydrogen) atoms. The maximum atomic E-state index is 13.1. The number of hydrogen-bond acceptors (Lipinski definition) is 3. The van der Waals surface area contributed by atoms with Gasteiger partial charge < -0.3 is 14.6 Å². The number of nitrogens with one attached hydrogen (secondary N) is 1. The molecule has 2 aliphatic rings. The first-order valence-corrected chi connectivity index (χ1v) is 7.37. The Morgan fingerprint density at radius 3 is 2.86 bits per heavy atom. The van der Waals surface area contributed by atoms with Gasteiger partial charge in [0.2, 0.25) is 5.82 Å². The van der Waals surface area contributed by atoms with Crippen molar-refractivity contribution >= 4 is 0 Å². The number of alkyl halides is 3.